The molecule has 86 valence electrons. The number of hydrogen-bond acceptors (Lipinski definition) is 4. The molecule has 1 atom stereocenters. The van der Waals surface area contributed by atoms with Gasteiger partial charge in [0.1, 0.15) is 12.6 Å². The summed E-state index contributed by atoms with van der Waals surface area (Å²) in [4.78, 5) is 11.6. The van der Waals surface area contributed by atoms with E-state index in [1.807, 2.05) is 30.3 Å². The summed E-state index contributed by atoms with van der Waals surface area (Å²) in [6.07, 6.45) is 1.51. The molecule has 1 aromatic carbocycles. The van der Waals surface area contributed by atoms with Crippen molar-refractivity contribution in [3.05, 3.63) is 35.9 Å². The van der Waals surface area contributed by atoms with E-state index in [1.54, 1.807) is 0 Å². The molecule has 0 aromatic heterocycles. The van der Waals surface area contributed by atoms with Gasteiger partial charge in [0.2, 0.25) is 0 Å². The minimum Gasteiger partial charge on any atom is -0.460 e. The lowest BCUT2D eigenvalue weighted by Gasteiger charge is -2.15. The van der Waals surface area contributed by atoms with Crippen molar-refractivity contribution >= 4 is 5.97 Å². The van der Waals surface area contributed by atoms with Gasteiger partial charge in [0, 0.05) is 6.54 Å². The summed E-state index contributed by atoms with van der Waals surface area (Å²) >= 11 is 0. The van der Waals surface area contributed by atoms with Gasteiger partial charge in [0.15, 0.2) is 0 Å². The van der Waals surface area contributed by atoms with Crippen LogP contribution >= 0.6 is 0 Å². The maximum atomic E-state index is 11.6. The van der Waals surface area contributed by atoms with Gasteiger partial charge in [-0.25, -0.2) is 0 Å². The Morgan fingerprint density at radius 2 is 2.19 bits per heavy atom. The number of nitrogens with zero attached hydrogens (tertiary/aromatic N) is 1. The van der Waals surface area contributed by atoms with Gasteiger partial charge in [0.05, 0.1) is 0 Å². The lowest BCUT2D eigenvalue weighted by Crippen LogP contribution is -2.34. The van der Waals surface area contributed by atoms with E-state index in [-0.39, 0.29) is 12.6 Å². The standard InChI is InChI=1S/C12H15NO3/c14-12(11-7-4-8-13(11)15)16-9-10-5-2-1-3-6-10/h1-3,5-6,11,15H,4,7-9H2/t11-/m0/s1. The fourth-order valence-corrected chi connectivity index (χ4v) is 1.82. The first kappa shape index (κ1) is 11.1. The van der Waals surface area contributed by atoms with Crippen molar-refractivity contribution in [1.82, 2.24) is 5.06 Å². The highest BCUT2D eigenvalue weighted by atomic mass is 16.6. The van der Waals surface area contributed by atoms with Crippen molar-refractivity contribution in [3.63, 3.8) is 0 Å². The third-order valence-electron chi connectivity index (χ3n) is 2.72. The summed E-state index contributed by atoms with van der Waals surface area (Å²) in [5, 5.41) is 10.5. The average Bonchev–Trinajstić information content (AvgIpc) is 2.74. The van der Waals surface area contributed by atoms with E-state index in [4.69, 9.17) is 4.74 Å². The first-order chi connectivity index (χ1) is 7.77. The van der Waals surface area contributed by atoms with Crippen LogP contribution in [0, 0.1) is 0 Å². The monoisotopic (exact) mass is 221 g/mol. The zero-order chi connectivity index (χ0) is 11.4. The molecule has 4 nitrogen and oxygen atoms in total. The lowest BCUT2D eigenvalue weighted by atomic mass is 10.2. The van der Waals surface area contributed by atoms with E-state index >= 15 is 0 Å². The van der Waals surface area contributed by atoms with E-state index < -0.39 is 6.04 Å². The van der Waals surface area contributed by atoms with E-state index in [0.29, 0.717) is 13.0 Å². The topological polar surface area (TPSA) is 49.8 Å². The predicted molar refractivity (Wildman–Crippen MR) is 57.8 cm³/mol. The Bertz CT molecular complexity index is 353. The third kappa shape index (κ3) is 2.59. The number of carbonyl (C=O) groups excluding carboxylic acids is 1. The molecular formula is C12H15NO3. The highest BCUT2D eigenvalue weighted by Gasteiger charge is 2.30. The Balaban J connectivity index is 1.84. The molecule has 0 unspecified atom stereocenters. The molecule has 1 heterocycles. The van der Waals surface area contributed by atoms with Gasteiger partial charge >= 0.3 is 5.97 Å². The molecule has 0 aliphatic carbocycles. The predicted octanol–water partition coefficient (Wildman–Crippen LogP) is 1.58. The zero-order valence-corrected chi connectivity index (χ0v) is 9.00. The van der Waals surface area contributed by atoms with Gasteiger partial charge in [-0.3, -0.25) is 4.79 Å². The van der Waals surface area contributed by atoms with Crippen LogP contribution in [0.5, 0.6) is 0 Å². The molecule has 4 heteroatoms. The van der Waals surface area contributed by atoms with Crippen molar-refractivity contribution in [2.24, 2.45) is 0 Å². The Labute approximate surface area is 94.4 Å². The first-order valence-corrected chi connectivity index (χ1v) is 5.43. The van der Waals surface area contributed by atoms with Crippen LogP contribution in [0.4, 0.5) is 0 Å². The average molecular weight is 221 g/mol. The second kappa shape index (κ2) is 5.09. The third-order valence-corrected chi connectivity index (χ3v) is 2.72. The first-order valence-electron chi connectivity index (χ1n) is 5.43. The quantitative estimate of drug-likeness (QED) is 0.787. The van der Waals surface area contributed by atoms with Crippen LogP contribution < -0.4 is 0 Å². The van der Waals surface area contributed by atoms with Gasteiger partial charge in [-0.05, 0) is 18.4 Å². The van der Waals surface area contributed by atoms with Crippen LogP contribution in [0.2, 0.25) is 0 Å². The molecule has 1 N–H and O–H groups in total. The molecule has 0 radical (unpaired) electrons. The van der Waals surface area contributed by atoms with Gasteiger partial charge in [-0.15, -0.1) is 0 Å². The van der Waals surface area contributed by atoms with Crippen LogP contribution in [-0.4, -0.2) is 28.8 Å². The summed E-state index contributed by atoms with van der Waals surface area (Å²) in [5.41, 5.74) is 0.957. The molecular weight excluding hydrogens is 206 g/mol. The molecule has 1 fully saturated rings. The van der Waals surface area contributed by atoms with Crippen LogP contribution in [0.1, 0.15) is 18.4 Å². The summed E-state index contributed by atoms with van der Waals surface area (Å²) < 4.78 is 5.14. The number of rotatable bonds is 3. The molecule has 1 saturated heterocycles. The molecule has 1 aromatic rings. The molecule has 0 spiro atoms. The summed E-state index contributed by atoms with van der Waals surface area (Å²) in [6.45, 7) is 0.815. The van der Waals surface area contributed by atoms with Crippen LogP contribution in [0.25, 0.3) is 0 Å². The molecule has 1 aliphatic heterocycles. The zero-order valence-electron chi connectivity index (χ0n) is 9.00. The minimum absolute atomic E-state index is 0.268. The van der Waals surface area contributed by atoms with Crippen molar-refractivity contribution < 1.29 is 14.7 Å². The number of hydroxylamine groups is 2. The maximum Gasteiger partial charge on any atom is 0.326 e. The summed E-state index contributed by atoms with van der Waals surface area (Å²) in [7, 11) is 0. The van der Waals surface area contributed by atoms with Gasteiger partial charge in [-0.1, -0.05) is 30.3 Å². The number of esters is 1. The van der Waals surface area contributed by atoms with E-state index in [9.17, 15) is 10.0 Å². The SMILES string of the molecule is O=C(OCc1ccccc1)[C@@H]1CCCN1O. The fourth-order valence-electron chi connectivity index (χ4n) is 1.82. The maximum absolute atomic E-state index is 11.6. The Morgan fingerprint density at radius 3 is 2.81 bits per heavy atom. The highest BCUT2D eigenvalue weighted by molar-refractivity contribution is 5.75. The number of carbonyl (C=O) groups is 1. The molecule has 1 aliphatic rings. The molecule has 2 rings (SSSR count). The van der Waals surface area contributed by atoms with Gasteiger partial charge in [-0.2, -0.15) is 5.06 Å². The van der Waals surface area contributed by atoms with Crippen LogP contribution in [0.15, 0.2) is 30.3 Å². The minimum atomic E-state index is -0.483. The van der Waals surface area contributed by atoms with E-state index in [2.05, 4.69) is 0 Å². The Kier molecular flexibility index (Phi) is 3.54. The van der Waals surface area contributed by atoms with Crippen molar-refractivity contribution in [2.45, 2.75) is 25.5 Å². The number of ether oxygens (including phenoxy) is 1. The van der Waals surface area contributed by atoms with Crippen LogP contribution in [0.3, 0.4) is 0 Å². The Hall–Kier alpha value is -1.39. The van der Waals surface area contributed by atoms with Crippen molar-refractivity contribution in [3.8, 4) is 0 Å². The second-order valence-electron chi connectivity index (χ2n) is 3.91. The fraction of sp³-hybridized carbons (Fsp3) is 0.417. The van der Waals surface area contributed by atoms with Gasteiger partial charge in [0.25, 0.3) is 0 Å². The normalized spacial score (nSPS) is 20.9. The molecule has 0 bridgehead atoms. The summed E-state index contributed by atoms with van der Waals surface area (Å²) in [5.74, 6) is -0.344. The van der Waals surface area contributed by atoms with Crippen molar-refractivity contribution in [1.29, 1.82) is 0 Å². The van der Waals surface area contributed by atoms with Crippen LogP contribution in [-0.2, 0) is 16.1 Å². The smallest absolute Gasteiger partial charge is 0.326 e. The highest BCUT2D eigenvalue weighted by Crippen LogP contribution is 2.16. The molecule has 0 amide bonds. The number of hydrogen-bond donors (Lipinski definition) is 1. The second-order valence-corrected chi connectivity index (χ2v) is 3.91. The molecule has 0 saturated carbocycles. The molecule has 16 heavy (non-hydrogen) atoms. The van der Waals surface area contributed by atoms with Crippen molar-refractivity contribution in [2.75, 3.05) is 6.54 Å². The summed E-state index contributed by atoms with van der Waals surface area (Å²) in [6, 6.07) is 9.03. The van der Waals surface area contributed by atoms with E-state index in [1.165, 1.54) is 0 Å². The van der Waals surface area contributed by atoms with Gasteiger partial charge < -0.3 is 9.94 Å². The Morgan fingerprint density at radius 1 is 1.44 bits per heavy atom. The largest absolute Gasteiger partial charge is 0.460 e. The van der Waals surface area contributed by atoms with E-state index in [0.717, 1.165) is 17.0 Å². The lowest BCUT2D eigenvalue weighted by molar-refractivity contribution is -0.168. The number of benzene rings is 1.